The van der Waals surface area contributed by atoms with Gasteiger partial charge in [-0.25, -0.2) is 0 Å². The molecular weight excluding hydrogens is 366 g/mol. The van der Waals surface area contributed by atoms with Crippen LogP contribution in [0.1, 0.15) is 23.5 Å². The molecule has 0 saturated carbocycles. The third kappa shape index (κ3) is 4.24. The van der Waals surface area contributed by atoms with E-state index in [1.54, 1.807) is 0 Å². The molecule has 148 valence electrons. The Kier molecular flexibility index (Phi) is 5.47. The summed E-state index contributed by atoms with van der Waals surface area (Å²) in [4.78, 5) is 24.5. The Labute approximate surface area is 169 Å². The second-order valence-electron chi connectivity index (χ2n) is 7.39. The Balaban J connectivity index is 1.43. The molecule has 0 spiro atoms. The summed E-state index contributed by atoms with van der Waals surface area (Å²) >= 11 is 0. The first kappa shape index (κ1) is 19.0. The highest BCUT2D eigenvalue weighted by Gasteiger charge is 2.28. The molecule has 0 fully saturated rings. The zero-order chi connectivity index (χ0) is 20.2. The van der Waals surface area contributed by atoms with E-state index in [1.807, 2.05) is 66.7 Å². The second-order valence-corrected chi connectivity index (χ2v) is 7.39. The molecule has 1 aliphatic rings. The molecule has 1 heterocycles. The summed E-state index contributed by atoms with van der Waals surface area (Å²) in [6.07, 6.45) is 0.954. The normalized spacial score (nSPS) is 16.5. The van der Waals surface area contributed by atoms with E-state index in [-0.39, 0.29) is 18.4 Å². The van der Waals surface area contributed by atoms with Crippen molar-refractivity contribution in [3.63, 3.8) is 0 Å². The number of carbonyl (C=O) groups excluding carboxylic acids is 1. The third-order valence-electron chi connectivity index (χ3n) is 5.44. The molecule has 3 aromatic carbocycles. The van der Waals surface area contributed by atoms with Crippen molar-refractivity contribution >= 4 is 22.6 Å². The van der Waals surface area contributed by atoms with Crippen LogP contribution in [0.3, 0.4) is 0 Å². The molecule has 3 aromatic rings. The fourth-order valence-electron chi connectivity index (χ4n) is 3.86. The van der Waals surface area contributed by atoms with Gasteiger partial charge < -0.3 is 15.2 Å². The highest BCUT2D eigenvalue weighted by molar-refractivity contribution is 5.85. The van der Waals surface area contributed by atoms with Crippen molar-refractivity contribution in [2.45, 2.75) is 18.8 Å². The molecule has 1 amide bonds. The summed E-state index contributed by atoms with van der Waals surface area (Å²) < 4.78 is 5.61. The number of rotatable bonds is 6. The number of benzene rings is 3. The number of para-hydroxylation sites is 1. The van der Waals surface area contributed by atoms with E-state index in [4.69, 9.17) is 4.74 Å². The molecule has 29 heavy (non-hydrogen) atoms. The Bertz CT molecular complexity index is 1050. The molecule has 0 aliphatic carbocycles. The number of carbonyl (C=O) groups is 2. The van der Waals surface area contributed by atoms with Crippen LogP contribution in [-0.2, 0) is 16.0 Å². The van der Waals surface area contributed by atoms with Gasteiger partial charge in [-0.05, 0) is 35.2 Å². The number of carboxylic acid groups (broad SMARTS) is 1. The molecule has 0 bridgehead atoms. The smallest absolute Gasteiger partial charge is 0.308 e. The fourth-order valence-corrected chi connectivity index (χ4v) is 3.86. The van der Waals surface area contributed by atoms with Gasteiger partial charge >= 0.3 is 5.97 Å². The molecule has 5 heteroatoms. The van der Waals surface area contributed by atoms with Crippen LogP contribution in [-0.4, -0.2) is 30.1 Å². The summed E-state index contributed by atoms with van der Waals surface area (Å²) in [5, 5.41) is 14.7. The predicted octanol–water partition coefficient (Wildman–Crippen LogP) is 3.77. The van der Waals surface area contributed by atoms with Crippen molar-refractivity contribution < 1.29 is 19.4 Å². The average Bonchev–Trinajstić information content (AvgIpc) is 2.75. The minimum absolute atomic E-state index is 0.0977. The lowest BCUT2D eigenvalue weighted by Gasteiger charge is -2.25. The first-order valence-corrected chi connectivity index (χ1v) is 9.82. The quantitative estimate of drug-likeness (QED) is 0.673. The number of hydrogen-bond donors (Lipinski definition) is 2. The van der Waals surface area contributed by atoms with E-state index < -0.39 is 11.9 Å². The maximum atomic E-state index is 12.8. The van der Waals surface area contributed by atoms with E-state index in [9.17, 15) is 14.7 Å². The topological polar surface area (TPSA) is 75.6 Å². The SMILES string of the molecule is O=C(O)C(CNC(=O)C1CCOc2ccccc21)Cc1ccc2ccccc2c1. The Morgan fingerprint density at radius 3 is 2.62 bits per heavy atom. The molecule has 2 unspecified atom stereocenters. The van der Waals surface area contributed by atoms with Crippen LogP contribution in [0, 0.1) is 5.92 Å². The highest BCUT2D eigenvalue weighted by atomic mass is 16.5. The van der Waals surface area contributed by atoms with Crippen LogP contribution < -0.4 is 10.1 Å². The number of amides is 1. The molecule has 0 saturated heterocycles. The van der Waals surface area contributed by atoms with Crippen molar-refractivity contribution in [1.82, 2.24) is 5.32 Å². The number of hydrogen-bond acceptors (Lipinski definition) is 3. The first-order valence-electron chi connectivity index (χ1n) is 9.82. The van der Waals surface area contributed by atoms with Gasteiger partial charge in [0.05, 0.1) is 18.4 Å². The summed E-state index contributed by atoms with van der Waals surface area (Å²) in [6, 6.07) is 21.5. The zero-order valence-corrected chi connectivity index (χ0v) is 16.0. The largest absolute Gasteiger partial charge is 0.493 e. The predicted molar refractivity (Wildman–Crippen MR) is 111 cm³/mol. The molecule has 1 aliphatic heterocycles. The Morgan fingerprint density at radius 2 is 1.79 bits per heavy atom. The molecule has 4 rings (SSSR count). The van der Waals surface area contributed by atoms with E-state index in [1.165, 1.54) is 0 Å². The van der Waals surface area contributed by atoms with Crippen LogP contribution in [0.2, 0.25) is 0 Å². The minimum atomic E-state index is -0.911. The van der Waals surface area contributed by atoms with Crippen molar-refractivity contribution in [2.24, 2.45) is 5.92 Å². The van der Waals surface area contributed by atoms with Gasteiger partial charge in [-0.15, -0.1) is 0 Å². The summed E-state index contributed by atoms with van der Waals surface area (Å²) in [5.74, 6) is -1.33. The lowest BCUT2D eigenvalue weighted by molar-refractivity contribution is -0.141. The van der Waals surface area contributed by atoms with Crippen LogP contribution in [0.4, 0.5) is 0 Å². The first-order chi connectivity index (χ1) is 14.1. The highest BCUT2D eigenvalue weighted by Crippen LogP contribution is 2.33. The molecular formula is C24H23NO4. The zero-order valence-electron chi connectivity index (χ0n) is 16.0. The minimum Gasteiger partial charge on any atom is -0.493 e. The van der Waals surface area contributed by atoms with Gasteiger partial charge in [-0.3, -0.25) is 9.59 Å². The summed E-state index contributed by atoms with van der Waals surface area (Å²) in [6.45, 7) is 0.578. The molecule has 2 N–H and O–H groups in total. The van der Waals surface area contributed by atoms with Crippen LogP contribution in [0.25, 0.3) is 10.8 Å². The van der Waals surface area contributed by atoms with Gasteiger partial charge in [0.1, 0.15) is 5.75 Å². The van der Waals surface area contributed by atoms with Crippen LogP contribution in [0.15, 0.2) is 66.7 Å². The van der Waals surface area contributed by atoms with Crippen molar-refractivity contribution in [2.75, 3.05) is 13.2 Å². The van der Waals surface area contributed by atoms with E-state index in [0.29, 0.717) is 19.4 Å². The molecule has 2 atom stereocenters. The van der Waals surface area contributed by atoms with Gasteiger partial charge in [-0.1, -0.05) is 60.7 Å². The standard InChI is InChI=1S/C24H23NO4/c26-23(21-11-12-29-22-8-4-3-7-20(21)22)25-15-19(24(27)28)14-16-9-10-17-5-1-2-6-18(17)13-16/h1-10,13,19,21H,11-12,14-15H2,(H,25,26)(H,27,28). The number of nitrogens with one attached hydrogen (secondary N) is 1. The van der Waals surface area contributed by atoms with Gasteiger partial charge in [0, 0.05) is 12.1 Å². The maximum absolute atomic E-state index is 12.8. The summed E-state index contributed by atoms with van der Waals surface area (Å²) in [5.41, 5.74) is 1.81. The number of carboxylic acids is 1. The maximum Gasteiger partial charge on any atom is 0.308 e. The fraction of sp³-hybridized carbons (Fsp3) is 0.250. The molecule has 0 aromatic heterocycles. The van der Waals surface area contributed by atoms with E-state index in [0.717, 1.165) is 27.6 Å². The van der Waals surface area contributed by atoms with Crippen molar-refractivity contribution in [3.05, 3.63) is 77.9 Å². The van der Waals surface area contributed by atoms with Crippen LogP contribution in [0.5, 0.6) is 5.75 Å². The van der Waals surface area contributed by atoms with Gasteiger partial charge in [0.15, 0.2) is 0 Å². The van der Waals surface area contributed by atoms with E-state index in [2.05, 4.69) is 5.32 Å². The second kappa shape index (κ2) is 8.35. The molecule has 5 nitrogen and oxygen atoms in total. The third-order valence-corrected chi connectivity index (χ3v) is 5.44. The summed E-state index contributed by atoms with van der Waals surface area (Å²) in [7, 11) is 0. The van der Waals surface area contributed by atoms with Crippen molar-refractivity contribution in [3.8, 4) is 5.75 Å². The number of aliphatic carboxylic acids is 1. The lowest BCUT2D eigenvalue weighted by atomic mass is 9.92. The van der Waals surface area contributed by atoms with Crippen LogP contribution >= 0.6 is 0 Å². The monoisotopic (exact) mass is 389 g/mol. The van der Waals surface area contributed by atoms with E-state index >= 15 is 0 Å². The van der Waals surface area contributed by atoms with Crippen molar-refractivity contribution in [1.29, 1.82) is 0 Å². The van der Waals surface area contributed by atoms with Gasteiger partial charge in [0.2, 0.25) is 5.91 Å². The Morgan fingerprint density at radius 1 is 1.03 bits per heavy atom. The average molecular weight is 389 g/mol. The number of fused-ring (bicyclic) bond motifs is 2. The van der Waals surface area contributed by atoms with Gasteiger partial charge in [0.25, 0.3) is 0 Å². The Hall–Kier alpha value is -3.34. The van der Waals surface area contributed by atoms with Gasteiger partial charge in [-0.2, -0.15) is 0 Å². The number of ether oxygens (including phenoxy) is 1. The lowest BCUT2D eigenvalue weighted by Crippen LogP contribution is -2.38. The molecule has 0 radical (unpaired) electrons.